The lowest BCUT2D eigenvalue weighted by atomic mass is 9.59. The fraction of sp³-hybridized carbons (Fsp3) is 0.700. The molecule has 0 spiro atoms. The second-order valence-corrected chi connectivity index (χ2v) is 19.1. The van der Waals surface area contributed by atoms with Gasteiger partial charge in [-0.25, -0.2) is 5.48 Å². The molecule has 1 aromatic rings. The molecule has 1 aromatic carbocycles. The van der Waals surface area contributed by atoms with E-state index in [0.717, 1.165) is 50.6 Å². The van der Waals surface area contributed by atoms with Gasteiger partial charge in [0.1, 0.15) is 11.7 Å². The topological polar surface area (TPSA) is 209 Å². The second-order valence-electron chi connectivity index (χ2n) is 19.1. The normalized spacial score (nSPS) is 28.7. The molecule has 2 saturated carbocycles. The largest absolute Gasteiger partial charge is 0.458 e. The van der Waals surface area contributed by atoms with Gasteiger partial charge in [-0.05, 0) is 49.5 Å². The number of aliphatic hydroxyl groups excluding tert-OH is 1. The fourth-order valence-electron chi connectivity index (χ4n) is 10.9. The highest BCUT2D eigenvalue weighted by molar-refractivity contribution is 6.05. The van der Waals surface area contributed by atoms with E-state index in [4.69, 9.17) is 14.7 Å². The zero-order valence-electron chi connectivity index (χ0n) is 38.7. The number of hydrogen-bond donors (Lipinski definition) is 6. The van der Waals surface area contributed by atoms with Gasteiger partial charge < -0.3 is 30.1 Å². The molecule has 0 radical (unpaired) electrons. The molecular formula is C50H76N2O11. The van der Waals surface area contributed by atoms with E-state index >= 15 is 0 Å². The van der Waals surface area contributed by atoms with Gasteiger partial charge in [0.15, 0.2) is 11.4 Å². The summed E-state index contributed by atoms with van der Waals surface area (Å²) in [5, 5.41) is 45.9. The first-order chi connectivity index (χ1) is 29.9. The van der Waals surface area contributed by atoms with Crippen LogP contribution < -0.4 is 10.8 Å². The highest BCUT2D eigenvalue weighted by Crippen LogP contribution is 2.77. The highest BCUT2D eigenvalue weighted by atomic mass is 16.6. The lowest BCUT2D eigenvalue weighted by Gasteiger charge is -2.53. The first-order valence-corrected chi connectivity index (χ1v) is 23.6. The summed E-state index contributed by atoms with van der Waals surface area (Å²) in [5.74, 6) is -4.64. The quantitative estimate of drug-likeness (QED) is 0.0203. The molecule has 13 heteroatoms. The van der Waals surface area contributed by atoms with Crippen LogP contribution in [0.25, 0.3) is 0 Å². The third-order valence-corrected chi connectivity index (χ3v) is 14.3. The third kappa shape index (κ3) is 12.1. The van der Waals surface area contributed by atoms with Gasteiger partial charge in [0.25, 0.3) is 0 Å². The van der Waals surface area contributed by atoms with Crippen LogP contribution in [0.1, 0.15) is 164 Å². The predicted octanol–water partition coefficient (Wildman–Crippen LogP) is 8.22. The molecule has 4 aliphatic rings. The van der Waals surface area contributed by atoms with Gasteiger partial charge in [0.05, 0.1) is 12.2 Å². The van der Waals surface area contributed by atoms with Gasteiger partial charge in [-0.2, -0.15) is 0 Å². The predicted molar refractivity (Wildman–Crippen MR) is 240 cm³/mol. The molecule has 6 N–H and O–H groups in total. The Balaban J connectivity index is 0.000000384. The van der Waals surface area contributed by atoms with Gasteiger partial charge in [-0.1, -0.05) is 135 Å². The fourth-order valence-corrected chi connectivity index (χ4v) is 10.9. The number of nitrogens with one attached hydrogen (secondary N) is 2. The smallest absolute Gasteiger partial charge is 0.306 e. The highest BCUT2D eigenvalue weighted by Gasteiger charge is 2.87. The van der Waals surface area contributed by atoms with Gasteiger partial charge in [0, 0.05) is 67.4 Å². The number of amides is 2. The van der Waals surface area contributed by atoms with Crippen molar-refractivity contribution in [2.75, 3.05) is 11.9 Å². The number of hydrogen-bond acceptors (Lipinski definition) is 11. The average molecular weight is 881 g/mol. The summed E-state index contributed by atoms with van der Waals surface area (Å²) < 4.78 is 12.3. The average Bonchev–Trinajstić information content (AvgIpc) is 3.67. The van der Waals surface area contributed by atoms with Crippen molar-refractivity contribution in [2.24, 2.45) is 29.1 Å². The summed E-state index contributed by atoms with van der Waals surface area (Å²) in [6.07, 6.45) is 19.5. The van der Waals surface area contributed by atoms with Crippen LogP contribution in [0.2, 0.25) is 0 Å². The summed E-state index contributed by atoms with van der Waals surface area (Å²) in [7, 11) is 0. The molecule has 63 heavy (non-hydrogen) atoms. The van der Waals surface area contributed by atoms with Crippen molar-refractivity contribution in [3.05, 3.63) is 53.6 Å². The third-order valence-electron chi connectivity index (χ3n) is 14.3. The molecule has 4 aliphatic carbocycles. The van der Waals surface area contributed by atoms with Crippen LogP contribution in [-0.2, 0) is 33.4 Å². The number of carbonyl (C=O) groups excluding carboxylic acids is 5. The van der Waals surface area contributed by atoms with E-state index in [1.165, 1.54) is 51.9 Å². The summed E-state index contributed by atoms with van der Waals surface area (Å²) >= 11 is 0. The van der Waals surface area contributed by atoms with Crippen molar-refractivity contribution in [1.29, 1.82) is 0 Å². The maximum atomic E-state index is 13.3. The molecule has 13 nitrogen and oxygen atoms in total. The molecule has 0 heterocycles. The number of Topliss-reactive ketones (excluding diaryl/α,β-unsaturated/α-hetero) is 1. The van der Waals surface area contributed by atoms with Crippen molar-refractivity contribution >= 4 is 35.2 Å². The molecular weight excluding hydrogens is 805 g/mol. The number of rotatable bonds is 23. The van der Waals surface area contributed by atoms with Crippen molar-refractivity contribution in [3.63, 3.8) is 0 Å². The number of fused-ring (bicyclic) bond motifs is 5. The van der Waals surface area contributed by atoms with Gasteiger partial charge >= 0.3 is 11.9 Å². The molecule has 0 bridgehead atoms. The number of esters is 2. The number of ether oxygens (including phenoxy) is 2. The molecule has 5 rings (SSSR count). The Kier molecular flexibility index (Phi) is 19.2. The minimum atomic E-state index is -1.93. The Labute approximate surface area is 374 Å². The van der Waals surface area contributed by atoms with Crippen molar-refractivity contribution in [1.82, 2.24) is 5.48 Å². The van der Waals surface area contributed by atoms with E-state index in [2.05, 4.69) is 12.2 Å². The summed E-state index contributed by atoms with van der Waals surface area (Å²) in [6.45, 7) is 10.4. The monoisotopic (exact) mass is 881 g/mol. The first-order valence-electron chi connectivity index (χ1n) is 23.6. The Morgan fingerprint density at radius 1 is 0.794 bits per heavy atom. The summed E-state index contributed by atoms with van der Waals surface area (Å²) in [6, 6.07) is 9.36. The zero-order valence-corrected chi connectivity index (χ0v) is 38.7. The van der Waals surface area contributed by atoms with Crippen LogP contribution in [0.15, 0.2) is 53.6 Å². The molecule has 0 unspecified atom stereocenters. The first kappa shape index (κ1) is 51.7. The standard InChI is InChI=1S/C36H56O8.C14H20N2O3/c1-7-8-9-10-11-12-13-14-15-16-17-18-29(39)43-32-24(3)35(42)27(30-33(5,6)36(30,32)44-25(4)38)20-26(22-37)21-34(41)28(35)19-23(2)31(34)40;17-13(15-12-8-4-3-5-9-12)10-6-1-2-7-11-14(18)16-19/h19-20,24,27-28,30,32,37,41-42H,7-18,21-22H2,1-6H3;3-5,8-9,19H,1-2,6-7,10-11H2,(H,15,17)(H,16,18)/t24-,27+,28-,30-,32-,34-,35-,36-;/m1./s1. The Bertz CT molecular complexity index is 1780. The van der Waals surface area contributed by atoms with Crippen molar-refractivity contribution in [3.8, 4) is 0 Å². The molecule has 0 aromatic heterocycles. The lowest BCUT2D eigenvalue weighted by Crippen LogP contribution is -2.66. The van der Waals surface area contributed by atoms with Crippen molar-refractivity contribution < 1.29 is 54.0 Å². The molecule has 8 atom stereocenters. The molecule has 0 aliphatic heterocycles. The van der Waals surface area contributed by atoms with E-state index in [1.807, 2.05) is 44.2 Å². The van der Waals surface area contributed by atoms with Crippen LogP contribution >= 0.6 is 0 Å². The maximum Gasteiger partial charge on any atom is 0.306 e. The molecule has 352 valence electrons. The number of hydroxylamine groups is 1. The van der Waals surface area contributed by atoms with Crippen LogP contribution in [0.3, 0.4) is 0 Å². The number of unbranched alkanes of at least 4 members (excludes halogenated alkanes) is 13. The van der Waals surface area contributed by atoms with E-state index < -0.39 is 69.7 Å². The number of carbonyl (C=O) groups is 5. The lowest BCUT2D eigenvalue weighted by molar-refractivity contribution is -0.228. The van der Waals surface area contributed by atoms with E-state index in [1.54, 1.807) is 31.5 Å². The van der Waals surface area contributed by atoms with Gasteiger partial charge in [-0.15, -0.1) is 0 Å². The van der Waals surface area contributed by atoms with Crippen molar-refractivity contribution in [2.45, 2.75) is 186 Å². The van der Waals surface area contributed by atoms with Crippen LogP contribution in [0.4, 0.5) is 5.69 Å². The summed E-state index contributed by atoms with van der Waals surface area (Å²) in [5.41, 5.74) is -2.30. The Hall–Kier alpha value is -3.91. The molecule has 0 saturated heterocycles. The van der Waals surface area contributed by atoms with Gasteiger partial charge in [0.2, 0.25) is 11.8 Å². The zero-order chi connectivity index (χ0) is 46.4. The van der Waals surface area contributed by atoms with Crippen LogP contribution in [0.5, 0.6) is 0 Å². The van der Waals surface area contributed by atoms with E-state index in [-0.39, 0.29) is 31.3 Å². The number of ketones is 1. The number of para-hydroxylation sites is 1. The van der Waals surface area contributed by atoms with Crippen LogP contribution in [0, 0.1) is 29.1 Å². The Morgan fingerprint density at radius 2 is 1.33 bits per heavy atom. The Morgan fingerprint density at radius 3 is 1.87 bits per heavy atom. The SMILES string of the molecule is CCCCCCCCCCCCCC(=O)O[C@@H]1[C@@H](C)[C@@]2(O)[C@@H](C=C(CO)C[C@]3(O)C(=O)C(C)=C[C@@H]23)[C@@H]2C(C)(C)[C@]12OC(C)=O.O=C(CCCCCCC(=O)Nc1ccccc1)NO. The number of benzene rings is 1. The maximum absolute atomic E-state index is 13.3. The number of aliphatic hydroxyl groups is 3. The van der Waals surface area contributed by atoms with Gasteiger partial charge in [-0.3, -0.25) is 29.2 Å². The molecule has 2 fully saturated rings. The van der Waals surface area contributed by atoms with Crippen LogP contribution in [-0.4, -0.2) is 79.6 Å². The molecule has 2 amide bonds. The van der Waals surface area contributed by atoms with E-state index in [0.29, 0.717) is 30.4 Å². The minimum absolute atomic E-state index is 0.0132. The number of anilines is 1. The van der Waals surface area contributed by atoms with E-state index in [9.17, 15) is 39.3 Å². The minimum Gasteiger partial charge on any atom is -0.458 e. The second kappa shape index (κ2) is 23.3. The summed E-state index contributed by atoms with van der Waals surface area (Å²) in [4.78, 5) is 61.5.